The second kappa shape index (κ2) is 50.5. The molecular formula is C58H97NO5. The van der Waals surface area contributed by atoms with Gasteiger partial charge in [-0.25, -0.2) is 0 Å². The van der Waals surface area contributed by atoms with E-state index < -0.39 is 18.2 Å². The molecule has 0 aliphatic rings. The summed E-state index contributed by atoms with van der Waals surface area (Å²) in [5, 5.41) is 23.8. The number of ether oxygens (including phenoxy) is 1. The van der Waals surface area contributed by atoms with Crippen molar-refractivity contribution in [2.75, 3.05) is 6.61 Å². The number of esters is 1. The van der Waals surface area contributed by atoms with Gasteiger partial charge in [0.05, 0.1) is 25.2 Å². The zero-order valence-electron chi connectivity index (χ0n) is 41.4. The van der Waals surface area contributed by atoms with Gasteiger partial charge in [0.2, 0.25) is 5.91 Å². The molecule has 0 saturated carbocycles. The van der Waals surface area contributed by atoms with Crippen molar-refractivity contribution in [2.45, 2.75) is 238 Å². The molecule has 0 fully saturated rings. The van der Waals surface area contributed by atoms with Crippen molar-refractivity contribution in [3.63, 3.8) is 0 Å². The van der Waals surface area contributed by atoms with Crippen molar-refractivity contribution in [1.82, 2.24) is 5.32 Å². The number of allylic oxidation sites excluding steroid dienone is 18. The van der Waals surface area contributed by atoms with Crippen LogP contribution in [0.3, 0.4) is 0 Å². The predicted molar refractivity (Wildman–Crippen MR) is 277 cm³/mol. The molecule has 0 aromatic heterocycles. The molecule has 6 nitrogen and oxygen atoms in total. The number of hydrogen-bond acceptors (Lipinski definition) is 5. The lowest BCUT2D eigenvalue weighted by Gasteiger charge is -2.24. The molecule has 3 atom stereocenters. The van der Waals surface area contributed by atoms with Crippen LogP contribution in [-0.2, 0) is 14.3 Å². The quantitative estimate of drug-likeness (QED) is 0.0322. The number of carbonyl (C=O) groups excluding carboxylic acids is 2. The van der Waals surface area contributed by atoms with Gasteiger partial charge in [-0.2, -0.15) is 0 Å². The van der Waals surface area contributed by atoms with Gasteiger partial charge in [0.1, 0.15) is 6.10 Å². The smallest absolute Gasteiger partial charge is 0.306 e. The number of aliphatic hydroxyl groups is 2. The summed E-state index contributed by atoms with van der Waals surface area (Å²) >= 11 is 0. The fourth-order valence-corrected chi connectivity index (χ4v) is 7.41. The highest BCUT2D eigenvalue weighted by molar-refractivity contribution is 5.77. The summed E-state index contributed by atoms with van der Waals surface area (Å²) in [4.78, 5) is 26.2. The number of amides is 1. The first-order chi connectivity index (χ1) is 31.5. The van der Waals surface area contributed by atoms with Crippen LogP contribution in [0.5, 0.6) is 0 Å². The molecule has 0 bridgehead atoms. The Balaban J connectivity index is 4.73. The zero-order chi connectivity index (χ0) is 46.7. The molecule has 0 aromatic carbocycles. The fourth-order valence-electron chi connectivity index (χ4n) is 7.41. The van der Waals surface area contributed by atoms with E-state index in [9.17, 15) is 19.8 Å². The summed E-state index contributed by atoms with van der Waals surface area (Å²) < 4.78 is 5.89. The molecule has 64 heavy (non-hydrogen) atoms. The molecule has 0 rings (SSSR count). The lowest BCUT2D eigenvalue weighted by atomic mass is 10.0. The highest BCUT2D eigenvalue weighted by Gasteiger charge is 2.24. The van der Waals surface area contributed by atoms with E-state index in [0.717, 1.165) is 70.6 Å². The second-order valence-electron chi connectivity index (χ2n) is 17.4. The maximum Gasteiger partial charge on any atom is 0.306 e. The first kappa shape index (κ1) is 60.5. The lowest BCUT2D eigenvalue weighted by Crippen LogP contribution is -2.46. The van der Waals surface area contributed by atoms with E-state index in [4.69, 9.17) is 4.74 Å². The maximum atomic E-state index is 13.2. The van der Waals surface area contributed by atoms with E-state index in [1.807, 2.05) is 60.8 Å². The third kappa shape index (κ3) is 45.1. The highest BCUT2D eigenvalue weighted by atomic mass is 16.5. The van der Waals surface area contributed by atoms with Gasteiger partial charge >= 0.3 is 5.97 Å². The van der Waals surface area contributed by atoms with Gasteiger partial charge in [-0.05, 0) is 57.8 Å². The number of carbonyl (C=O) groups is 2. The van der Waals surface area contributed by atoms with Gasteiger partial charge in [-0.15, -0.1) is 0 Å². The molecule has 0 heterocycles. The van der Waals surface area contributed by atoms with Crippen molar-refractivity contribution < 1.29 is 24.5 Å². The topological polar surface area (TPSA) is 95.9 Å². The van der Waals surface area contributed by atoms with E-state index in [1.165, 1.54) is 103 Å². The fraction of sp³-hybridized carbons (Fsp3) is 0.655. The Morgan fingerprint density at radius 1 is 0.469 bits per heavy atom. The summed E-state index contributed by atoms with van der Waals surface area (Å²) in [6.45, 7) is 6.18. The lowest BCUT2D eigenvalue weighted by molar-refractivity contribution is -0.151. The normalized spacial score (nSPS) is 14.1. The Morgan fingerprint density at radius 3 is 1.31 bits per heavy atom. The molecule has 0 radical (unpaired) electrons. The van der Waals surface area contributed by atoms with E-state index in [2.05, 4.69) is 74.7 Å². The maximum absolute atomic E-state index is 13.2. The van der Waals surface area contributed by atoms with Gasteiger partial charge in [0.25, 0.3) is 0 Å². The minimum atomic E-state index is -0.817. The van der Waals surface area contributed by atoms with Crippen molar-refractivity contribution in [3.8, 4) is 0 Å². The van der Waals surface area contributed by atoms with E-state index in [-0.39, 0.29) is 24.9 Å². The Labute approximate surface area is 394 Å². The van der Waals surface area contributed by atoms with Crippen LogP contribution < -0.4 is 5.32 Å². The number of unbranched alkanes of at least 4 members (excludes halogenated alkanes) is 22. The average molecular weight is 888 g/mol. The van der Waals surface area contributed by atoms with Crippen LogP contribution in [0.15, 0.2) is 109 Å². The number of aliphatic hydroxyl groups excluding tert-OH is 2. The number of rotatable bonds is 45. The molecule has 3 unspecified atom stereocenters. The predicted octanol–water partition coefficient (Wildman–Crippen LogP) is 15.9. The summed E-state index contributed by atoms with van der Waals surface area (Å²) in [5.74, 6) is -0.571. The van der Waals surface area contributed by atoms with Gasteiger partial charge in [-0.3, -0.25) is 9.59 Å². The standard InChI is InChI=1S/C58H97NO5/c1-4-7-10-13-16-19-22-25-28-31-34-37-40-43-46-49-54(64-58(63)51-48-45-42-39-36-33-30-27-24-21-18-15-12-9-6-3)52-57(62)59-55(53-60)56(61)50-47-44-41-38-35-32-29-26-23-20-17-14-11-8-5-2/h7,9-10,12-13,15-16,18-19,21-22,24-25,28,31,34,37,40,54-56,60-61H,4-6,8,11,14,17,20,23,26-27,29-30,32-33,35-36,38-39,41-53H2,1-3H3,(H,59,62)/b10-7-,12-9+,16-13+,18-15+,22-19+,24-21+,28-25-,34-31+,40-37+. The van der Waals surface area contributed by atoms with Crippen LogP contribution >= 0.6 is 0 Å². The van der Waals surface area contributed by atoms with Crippen LogP contribution in [0.4, 0.5) is 0 Å². The number of nitrogens with one attached hydrogen (secondary N) is 1. The molecule has 0 saturated heterocycles. The molecule has 0 aliphatic carbocycles. The van der Waals surface area contributed by atoms with Gasteiger partial charge < -0.3 is 20.3 Å². The van der Waals surface area contributed by atoms with E-state index in [1.54, 1.807) is 0 Å². The van der Waals surface area contributed by atoms with Crippen molar-refractivity contribution in [2.24, 2.45) is 0 Å². The molecule has 6 heteroatoms. The molecule has 3 N–H and O–H groups in total. The first-order valence-electron chi connectivity index (χ1n) is 26.2. The zero-order valence-corrected chi connectivity index (χ0v) is 41.4. The van der Waals surface area contributed by atoms with Crippen molar-refractivity contribution in [3.05, 3.63) is 109 Å². The van der Waals surface area contributed by atoms with Gasteiger partial charge in [0, 0.05) is 6.42 Å². The third-order valence-electron chi connectivity index (χ3n) is 11.3. The molecule has 0 aliphatic heterocycles. The average Bonchev–Trinajstić information content (AvgIpc) is 3.29. The van der Waals surface area contributed by atoms with Crippen LogP contribution in [0.25, 0.3) is 0 Å². The van der Waals surface area contributed by atoms with Crippen LogP contribution in [0, 0.1) is 0 Å². The number of hydrogen-bond donors (Lipinski definition) is 3. The summed E-state index contributed by atoms with van der Waals surface area (Å²) in [7, 11) is 0. The Morgan fingerprint density at radius 2 is 0.859 bits per heavy atom. The monoisotopic (exact) mass is 888 g/mol. The second-order valence-corrected chi connectivity index (χ2v) is 17.4. The molecule has 1 amide bonds. The summed E-state index contributed by atoms with van der Waals surface area (Å²) in [6, 6.07) is -0.735. The summed E-state index contributed by atoms with van der Waals surface area (Å²) in [6.07, 6.45) is 68.6. The largest absolute Gasteiger partial charge is 0.462 e. The Bertz CT molecular complexity index is 1320. The van der Waals surface area contributed by atoms with E-state index in [0.29, 0.717) is 19.3 Å². The summed E-state index contributed by atoms with van der Waals surface area (Å²) in [5.41, 5.74) is 0. The Hall–Kier alpha value is -3.48. The van der Waals surface area contributed by atoms with Gasteiger partial charge in [-0.1, -0.05) is 259 Å². The van der Waals surface area contributed by atoms with Crippen LogP contribution in [0.1, 0.15) is 220 Å². The SMILES string of the molecule is CC\C=C/C=C/C=C/C=C\C=C\C=C\CCCC(CC(=O)NC(CO)C(O)CCCCCCCCCCCCCCCCC)OC(=O)CCCCCCCCC/C=C/C=C/C=C/CC. The Kier molecular flexibility index (Phi) is 47.8. The molecule has 364 valence electrons. The molecule has 0 spiro atoms. The van der Waals surface area contributed by atoms with Crippen LogP contribution in [-0.4, -0.2) is 46.9 Å². The highest BCUT2D eigenvalue weighted by Crippen LogP contribution is 2.17. The first-order valence-corrected chi connectivity index (χ1v) is 26.2. The third-order valence-corrected chi connectivity index (χ3v) is 11.3. The van der Waals surface area contributed by atoms with Crippen molar-refractivity contribution >= 4 is 11.9 Å². The minimum absolute atomic E-state index is 0.0152. The van der Waals surface area contributed by atoms with Crippen LogP contribution in [0.2, 0.25) is 0 Å². The minimum Gasteiger partial charge on any atom is -0.462 e. The molecule has 0 aromatic rings. The van der Waals surface area contributed by atoms with E-state index >= 15 is 0 Å². The molecular weight excluding hydrogens is 791 g/mol. The van der Waals surface area contributed by atoms with Gasteiger partial charge in [0.15, 0.2) is 0 Å². The van der Waals surface area contributed by atoms with Crippen molar-refractivity contribution in [1.29, 1.82) is 0 Å².